The number of thiol groups is 2. The van der Waals surface area contributed by atoms with E-state index in [0.29, 0.717) is 6.42 Å². The standard InChI is InChI=1S/C64H111N17O21S2/c1-28(2)20-37(72-55(92)40(23-46(86)87)74-60(97)47(30(5)6)79-61(98)49(32(9)10)78-56(93)38(21-29(3)4)71-51(88)35(66)26-103)53(90)69-33(11)63(100)81-19-15-17-43(81)58(95)75-41(25-82)57(94)70-36(16-13-14-18-65)52(89)68-24-45(85)77-50(34(12)83)62(99)80-48(31(7)8)59(96)73-39(22-44(67)84)54(91)76-42(27-104)64(101)102/h28-43,47-50,82-83,103-104H,13-27,65-66H2,1-12H3,(H2,67,84)(H,68,89)(H,69,90)(H,70,94)(H,71,88)(H,72,92)(H,73,96)(H,74,97)(H,75,95)(H,76,91)(H,77,85)(H,78,93)(H,79,98)(H,80,99)(H,86,87)(H,101,102)/t33-,34+,35-,36-,37-,38-,39-,40-,41-,42-,43-,47-,48-,49-,50-/m0/s1. The number of likely N-dealkylation sites (tertiary alicyclic amines) is 1. The van der Waals surface area contributed by atoms with Crippen LogP contribution < -0.4 is 86.3 Å². The highest BCUT2D eigenvalue weighted by Gasteiger charge is 2.42. The van der Waals surface area contributed by atoms with Gasteiger partial charge in [0, 0.05) is 18.1 Å². The Morgan fingerprint density at radius 1 is 0.481 bits per heavy atom. The number of nitrogens with two attached hydrogens (primary N) is 3. The molecule has 1 aliphatic heterocycles. The zero-order valence-corrected chi connectivity index (χ0v) is 62.7. The largest absolute Gasteiger partial charge is 0.481 e. The highest BCUT2D eigenvalue weighted by Crippen LogP contribution is 2.20. The maximum Gasteiger partial charge on any atom is 0.327 e. The van der Waals surface area contributed by atoms with Gasteiger partial charge in [0.15, 0.2) is 0 Å². The molecule has 0 unspecified atom stereocenters. The second-order valence-electron chi connectivity index (χ2n) is 27.3. The number of hydrogen-bond donors (Lipinski definition) is 22. The van der Waals surface area contributed by atoms with Crippen molar-refractivity contribution in [3.8, 4) is 0 Å². The normalized spacial score (nSPS) is 16.9. The van der Waals surface area contributed by atoms with Gasteiger partial charge in [-0.1, -0.05) is 69.2 Å². The maximum absolute atomic E-state index is 14.1. The van der Waals surface area contributed by atoms with Gasteiger partial charge in [-0.25, -0.2) is 4.79 Å². The van der Waals surface area contributed by atoms with E-state index in [9.17, 15) is 102 Å². The molecule has 104 heavy (non-hydrogen) atoms. The fraction of sp³-hybridized carbons (Fsp3) is 0.734. The zero-order valence-electron chi connectivity index (χ0n) is 61.0. The number of unbranched alkanes of at least 4 members (excludes halogenated alkanes) is 1. The topological polar surface area (TPSA) is 609 Å². The average molecular weight is 1520 g/mol. The number of amides is 15. The van der Waals surface area contributed by atoms with Crippen LogP contribution in [-0.2, 0) is 81.5 Å². The Morgan fingerprint density at radius 3 is 1.34 bits per heavy atom. The number of primary amides is 1. The summed E-state index contributed by atoms with van der Waals surface area (Å²) in [6.07, 6.45) is -2.59. The van der Waals surface area contributed by atoms with Crippen molar-refractivity contribution in [3.05, 3.63) is 0 Å². The summed E-state index contributed by atoms with van der Waals surface area (Å²) in [7, 11) is 0. The fourth-order valence-corrected chi connectivity index (χ4v) is 10.9. The number of carbonyl (C=O) groups excluding carboxylic acids is 15. The molecule has 1 fully saturated rings. The predicted molar refractivity (Wildman–Crippen MR) is 381 cm³/mol. The van der Waals surface area contributed by atoms with Crippen molar-refractivity contribution in [2.24, 2.45) is 46.8 Å². The second-order valence-corrected chi connectivity index (χ2v) is 28.1. The van der Waals surface area contributed by atoms with Crippen LogP contribution in [0.15, 0.2) is 0 Å². The van der Waals surface area contributed by atoms with E-state index in [2.05, 4.69) is 94.4 Å². The molecular weight excluding hydrogens is 1410 g/mol. The Balaban J connectivity index is 3.27. The summed E-state index contributed by atoms with van der Waals surface area (Å²) in [5, 5.41) is 71.5. The van der Waals surface area contributed by atoms with Crippen LogP contribution in [-0.4, -0.2) is 254 Å². The van der Waals surface area contributed by atoms with Gasteiger partial charge in [-0.2, -0.15) is 25.3 Å². The first kappa shape index (κ1) is 93.5. The number of nitrogens with one attached hydrogen (secondary N) is 13. The van der Waals surface area contributed by atoms with Gasteiger partial charge in [0.25, 0.3) is 0 Å². The lowest BCUT2D eigenvalue weighted by Crippen LogP contribution is -2.62. The minimum atomic E-state index is -1.85. The number of aliphatic carboxylic acids is 2. The second kappa shape index (κ2) is 46.4. The van der Waals surface area contributed by atoms with Crippen LogP contribution in [0, 0.1) is 29.6 Å². The summed E-state index contributed by atoms with van der Waals surface area (Å²) < 4.78 is 0. The molecule has 15 amide bonds. The monoisotopic (exact) mass is 1520 g/mol. The molecule has 0 aromatic carbocycles. The van der Waals surface area contributed by atoms with Gasteiger partial charge >= 0.3 is 11.9 Å². The van der Waals surface area contributed by atoms with Crippen LogP contribution in [0.5, 0.6) is 0 Å². The first-order valence-corrected chi connectivity index (χ1v) is 35.6. The minimum absolute atomic E-state index is 0.00886. The third-order valence-corrected chi connectivity index (χ3v) is 17.0. The molecule has 0 aliphatic carbocycles. The van der Waals surface area contributed by atoms with E-state index < -0.39 is 235 Å². The number of carbonyl (C=O) groups is 17. The van der Waals surface area contributed by atoms with Crippen molar-refractivity contribution in [1.29, 1.82) is 0 Å². The maximum atomic E-state index is 14.1. The SMILES string of the molecule is CC(C)C[C@H](NC(=O)[C@H](CC(=O)O)NC(=O)[C@@H](NC(=O)[C@@H](NC(=O)[C@H](CC(C)C)NC(=O)[C@@H](N)CS)C(C)C)C(C)C)C(=O)N[C@@H](C)C(=O)N1CCC[C@H]1C(=O)N[C@@H](CO)C(=O)N[C@@H](CCCCN)C(=O)NCC(=O)N[C@H](C(=O)N[C@H](C(=O)N[C@@H](CC(N)=O)C(=O)N[C@@H](CS)C(=O)O)C(C)C)[C@@H](C)O. The molecule has 0 aromatic rings. The lowest BCUT2D eigenvalue weighted by molar-refractivity contribution is -0.143. The highest BCUT2D eigenvalue weighted by molar-refractivity contribution is 7.80. The molecule has 15 atom stereocenters. The van der Waals surface area contributed by atoms with Crippen LogP contribution in [0.4, 0.5) is 0 Å². The van der Waals surface area contributed by atoms with Gasteiger partial charge in [-0.15, -0.1) is 0 Å². The van der Waals surface area contributed by atoms with Crippen molar-refractivity contribution < 1.29 is 102 Å². The predicted octanol–water partition coefficient (Wildman–Crippen LogP) is -6.88. The van der Waals surface area contributed by atoms with Gasteiger partial charge in [-0.3, -0.25) is 76.7 Å². The molecular formula is C64H111N17O21S2. The summed E-state index contributed by atoms with van der Waals surface area (Å²) in [6, 6.07) is -20.5. The average Bonchev–Trinajstić information content (AvgIpc) is 1.65. The molecule has 0 spiro atoms. The molecule has 0 saturated carbocycles. The van der Waals surface area contributed by atoms with Gasteiger partial charge in [0.05, 0.1) is 38.1 Å². The summed E-state index contributed by atoms with van der Waals surface area (Å²) in [5.74, 6) is -20.3. The van der Waals surface area contributed by atoms with Crippen LogP contribution in [0.2, 0.25) is 0 Å². The lowest BCUT2D eigenvalue weighted by atomic mass is 9.97. The third-order valence-electron chi connectivity index (χ3n) is 16.3. The highest BCUT2D eigenvalue weighted by atomic mass is 32.1. The molecule has 1 rings (SSSR count). The molecule has 590 valence electrons. The number of nitrogens with zero attached hydrogens (tertiary/aromatic N) is 1. The van der Waals surface area contributed by atoms with E-state index in [1.807, 2.05) is 13.8 Å². The number of rotatable bonds is 47. The first-order chi connectivity index (χ1) is 48.5. The number of hydrogen-bond acceptors (Lipinski definition) is 23. The van der Waals surface area contributed by atoms with E-state index in [0.717, 1.165) is 11.8 Å². The Kier molecular flexibility index (Phi) is 41.7. The lowest BCUT2D eigenvalue weighted by Gasteiger charge is -2.30. The number of aliphatic hydroxyl groups excluding tert-OH is 2. The number of carboxylic acids is 2. The van der Waals surface area contributed by atoms with Crippen molar-refractivity contribution >= 4 is 126 Å². The quantitative estimate of drug-likeness (QED) is 0.0199. The fourth-order valence-electron chi connectivity index (χ4n) is 10.5. The van der Waals surface area contributed by atoms with Crippen molar-refractivity contribution in [2.75, 3.05) is 37.7 Å². The third kappa shape index (κ3) is 32.3. The summed E-state index contributed by atoms with van der Waals surface area (Å²) in [4.78, 5) is 228. The van der Waals surface area contributed by atoms with E-state index in [1.165, 1.54) is 20.8 Å². The van der Waals surface area contributed by atoms with Crippen LogP contribution in [0.3, 0.4) is 0 Å². The van der Waals surface area contributed by atoms with E-state index >= 15 is 0 Å². The summed E-state index contributed by atoms with van der Waals surface area (Å²) in [5.41, 5.74) is 16.8. The van der Waals surface area contributed by atoms with Gasteiger partial charge in [0.2, 0.25) is 88.6 Å². The van der Waals surface area contributed by atoms with Crippen LogP contribution in [0.1, 0.15) is 141 Å². The van der Waals surface area contributed by atoms with E-state index in [4.69, 9.17) is 17.2 Å². The molecule has 0 bridgehead atoms. The molecule has 23 N–H and O–H groups in total. The molecule has 0 aromatic heterocycles. The molecule has 0 radical (unpaired) electrons. The zero-order chi connectivity index (χ0) is 79.7. The van der Waals surface area contributed by atoms with Gasteiger partial charge < -0.3 is 112 Å². The van der Waals surface area contributed by atoms with E-state index in [-0.39, 0.29) is 75.0 Å². The van der Waals surface area contributed by atoms with Crippen molar-refractivity contribution in [3.63, 3.8) is 0 Å². The summed E-state index contributed by atoms with van der Waals surface area (Å²) >= 11 is 7.91. The molecule has 1 aliphatic rings. The van der Waals surface area contributed by atoms with Crippen molar-refractivity contribution in [2.45, 2.75) is 232 Å². The van der Waals surface area contributed by atoms with Crippen molar-refractivity contribution in [1.82, 2.24) is 74.0 Å². The first-order valence-electron chi connectivity index (χ1n) is 34.4. The molecule has 40 heteroatoms. The number of aliphatic hydroxyl groups is 2. The Morgan fingerprint density at radius 2 is 0.904 bits per heavy atom. The molecule has 1 heterocycles. The van der Waals surface area contributed by atoms with Gasteiger partial charge in [-0.05, 0) is 94.9 Å². The van der Waals surface area contributed by atoms with Crippen LogP contribution in [0.25, 0.3) is 0 Å². The number of carboxylic acid groups (broad SMARTS) is 2. The van der Waals surface area contributed by atoms with E-state index in [1.54, 1.807) is 41.5 Å². The van der Waals surface area contributed by atoms with Crippen LogP contribution >= 0.6 is 25.3 Å². The smallest absolute Gasteiger partial charge is 0.327 e. The molecule has 1 saturated heterocycles. The minimum Gasteiger partial charge on any atom is -0.481 e. The Hall–Kier alpha value is -8.47. The van der Waals surface area contributed by atoms with Gasteiger partial charge in [0.1, 0.15) is 78.5 Å². The Bertz CT molecular complexity index is 3000. The Labute approximate surface area is 615 Å². The summed E-state index contributed by atoms with van der Waals surface area (Å²) in [6.45, 7) is 16.9. The molecule has 38 nitrogen and oxygen atoms in total.